The Morgan fingerprint density at radius 3 is 2.47 bits per heavy atom. The van der Waals surface area contributed by atoms with E-state index in [-0.39, 0.29) is 0 Å². The van der Waals surface area contributed by atoms with Crippen molar-refractivity contribution >= 4 is 0 Å². The highest BCUT2D eigenvalue weighted by Crippen LogP contribution is 2.25. The molecular formula is C13H22N2. The van der Waals surface area contributed by atoms with Crippen molar-refractivity contribution in [3.63, 3.8) is 0 Å². The molecule has 1 rings (SSSR count). The van der Waals surface area contributed by atoms with Gasteiger partial charge < -0.3 is 4.90 Å². The summed E-state index contributed by atoms with van der Waals surface area (Å²) in [5.74, 6) is 1.15. The van der Waals surface area contributed by atoms with Gasteiger partial charge in [-0.15, -0.1) is 0 Å². The number of hydrogen-bond donors (Lipinski definition) is 0. The Hall–Kier alpha value is -0.890. The van der Waals surface area contributed by atoms with E-state index in [4.69, 9.17) is 0 Å². The molecule has 0 radical (unpaired) electrons. The van der Waals surface area contributed by atoms with E-state index in [1.807, 2.05) is 12.3 Å². The molecule has 0 saturated carbocycles. The average Bonchev–Trinajstić information content (AvgIpc) is 2.15. The highest BCUT2D eigenvalue weighted by atomic mass is 15.1. The van der Waals surface area contributed by atoms with E-state index in [2.05, 4.69) is 50.8 Å². The molecule has 1 atom stereocenters. The van der Waals surface area contributed by atoms with Gasteiger partial charge in [0.05, 0.1) is 0 Å². The second-order valence-corrected chi connectivity index (χ2v) is 4.82. The van der Waals surface area contributed by atoms with Crippen LogP contribution in [0.3, 0.4) is 0 Å². The molecule has 0 bridgehead atoms. The molecule has 1 unspecified atom stereocenters. The monoisotopic (exact) mass is 206 g/mol. The Balaban J connectivity index is 2.94. The second-order valence-electron chi connectivity index (χ2n) is 4.82. The molecule has 0 fully saturated rings. The summed E-state index contributed by atoms with van der Waals surface area (Å²) in [6.45, 7) is 7.74. The van der Waals surface area contributed by atoms with E-state index in [9.17, 15) is 0 Å². The highest BCUT2D eigenvalue weighted by Gasteiger charge is 2.19. The van der Waals surface area contributed by atoms with Crippen molar-refractivity contribution in [3.05, 3.63) is 29.6 Å². The van der Waals surface area contributed by atoms with Gasteiger partial charge >= 0.3 is 0 Å². The minimum atomic E-state index is 0.529. The Kier molecular flexibility index (Phi) is 4.28. The molecule has 1 heterocycles. The Morgan fingerprint density at radius 1 is 1.33 bits per heavy atom. The molecule has 1 aromatic rings. The lowest BCUT2D eigenvalue weighted by atomic mass is 9.89. The standard InChI is InChI=1S/C13H22N2/c1-10(2)12(9-15(4)5)13-11(3)7-6-8-14-13/h6-8,10,12H,9H2,1-5H3. The summed E-state index contributed by atoms with van der Waals surface area (Å²) in [6, 6.07) is 4.15. The summed E-state index contributed by atoms with van der Waals surface area (Å²) < 4.78 is 0. The van der Waals surface area contributed by atoms with E-state index in [0.717, 1.165) is 6.54 Å². The molecule has 0 aliphatic rings. The van der Waals surface area contributed by atoms with E-state index >= 15 is 0 Å². The summed E-state index contributed by atoms with van der Waals surface area (Å²) in [5.41, 5.74) is 2.55. The van der Waals surface area contributed by atoms with Crippen LogP contribution in [-0.2, 0) is 0 Å². The molecule has 0 aromatic carbocycles. The van der Waals surface area contributed by atoms with Gasteiger partial charge in [-0.2, -0.15) is 0 Å². The predicted octanol–water partition coefficient (Wildman–Crippen LogP) is 2.69. The van der Waals surface area contributed by atoms with Crippen LogP contribution in [0.2, 0.25) is 0 Å². The Bertz CT molecular complexity index is 305. The molecule has 15 heavy (non-hydrogen) atoms. The molecule has 84 valence electrons. The van der Waals surface area contributed by atoms with E-state index < -0.39 is 0 Å². The normalized spacial score (nSPS) is 13.5. The van der Waals surface area contributed by atoms with Gasteiger partial charge in [0.25, 0.3) is 0 Å². The minimum Gasteiger partial charge on any atom is -0.309 e. The Labute approximate surface area is 93.3 Å². The van der Waals surface area contributed by atoms with Gasteiger partial charge in [0.2, 0.25) is 0 Å². The van der Waals surface area contributed by atoms with Crippen LogP contribution in [-0.4, -0.2) is 30.5 Å². The second kappa shape index (κ2) is 5.26. The summed E-state index contributed by atoms with van der Waals surface area (Å²) in [4.78, 5) is 6.76. The molecule has 0 aliphatic heterocycles. The maximum absolute atomic E-state index is 4.53. The zero-order valence-corrected chi connectivity index (χ0v) is 10.5. The van der Waals surface area contributed by atoms with Crippen LogP contribution in [0.5, 0.6) is 0 Å². The Morgan fingerprint density at radius 2 is 2.00 bits per heavy atom. The van der Waals surface area contributed by atoms with Crippen LogP contribution >= 0.6 is 0 Å². The molecule has 2 heteroatoms. The highest BCUT2D eigenvalue weighted by molar-refractivity contribution is 5.22. The zero-order chi connectivity index (χ0) is 11.4. The van der Waals surface area contributed by atoms with Crippen LogP contribution in [0.1, 0.15) is 31.0 Å². The molecule has 2 nitrogen and oxygen atoms in total. The lowest BCUT2D eigenvalue weighted by Crippen LogP contribution is -2.25. The molecular weight excluding hydrogens is 184 g/mol. The van der Waals surface area contributed by atoms with Gasteiger partial charge in [-0.05, 0) is 38.6 Å². The van der Waals surface area contributed by atoms with Crippen LogP contribution < -0.4 is 0 Å². The van der Waals surface area contributed by atoms with Gasteiger partial charge in [-0.1, -0.05) is 19.9 Å². The topological polar surface area (TPSA) is 16.1 Å². The number of nitrogens with zero attached hydrogens (tertiary/aromatic N) is 2. The minimum absolute atomic E-state index is 0.529. The third-order valence-corrected chi connectivity index (χ3v) is 2.77. The van der Waals surface area contributed by atoms with E-state index in [1.165, 1.54) is 11.3 Å². The quantitative estimate of drug-likeness (QED) is 0.753. The fraction of sp³-hybridized carbons (Fsp3) is 0.615. The van der Waals surface area contributed by atoms with Gasteiger partial charge in [0.1, 0.15) is 0 Å². The van der Waals surface area contributed by atoms with Crippen molar-refractivity contribution in [1.82, 2.24) is 9.88 Å². The van der Waals surface area contributed by atoms with Gasteiger partial charge in [0, 0.05) is 24.4 Å². The fourth-order valence-corrected chi connectivity index (χ4v) is 1.89. The molecule has 0 spiro atoms. The van der Waals surface area contributed by atoms with Crippen molar-refractivity contribution in [3.8, 4) is 0 Å². The lowest BCUT2D eigenvalue weighted by Gasteiger charge is -2.25. The van der Waals surface area contributed by atoms with Crippen molar-refractivity contribution in [1.29, 1.82) is 0 Å². The third kappa shape index (κ3) is 3.31. The number of aryl methyl sites for hydroxylation is 1. The van der Waals surface area contributed by atoms with Crippen molar-refractivity contribution < 1.29 is 0 Å². The van der Waals surface area contributed by atoms with Crippen LogP contribution in [0.15, 0.2) is 18.3 Å². The number of likely N-dealkylation sites (N-methyl/N-ethyl adjacent to an activating group) is 1. The maximum Gasteiger partial charge on any atom is 0.0478 e. The number of pyridine rings is 1. The van der Waals surface area contributed by atoms with Gasteiger partial charge in [-0.3, -0.25) is 4.98 Å². The predicted molar refractivity (Wildman–Crippen MR) is 65.1 cm³/mol. The number of rotatable bonds is 4. The number of aromatic nitrogens is 1. The first-order valence-electron chi connectivity index (χ1n) is 5.58. The van der Waals surface area contributed by atoms with Crippen LogP contribution in [0.4, 0.5) is 0 Å². The first-order chi connectivity index (χ1) is 7.02. The SMILES string of the molecule is Cc1cccnc1C(CN(C)C)C(C)C. The first-order valence-corrected chi connectivity index (χ1v) is 5.58. The number of hydrogen-bond acceptors (Lipinski definition) is 2. The molecule has 0 saturated heterocycles. The van der Waals surface area contributed by atoms with Crippen molar-refractivity contribution in [2.45, 2.75) is 26.7 Å². The van der Waals surface area contributed by atoms with Crippen molar-refractivity contribution in [2.75, 3.05) is 20.6 Å². The molecule has 0 N–H and O–H groups in total. The smallest absolute Gasteiger partial charge is 0.0478 e. The molecule has 1 aromatic heterocycles. The maximum atomic E-state index is 4.53. The van der Waals surface area contributed by atoms with Gasteiger partial charge in [-0.25, -0.2) is 0 Å². The van der Waals surface area contributed by atoms with Crippen LogP contribution in [0, 0.1) is 12.8 Å². The largest absolute Gasteiger partial charge is 0.309 e. The third-order valence-electron chi connectivity index (χ3n) is 2.77. The van der Waals surface area contributed by atoms with Crippen molar-refractivity contribution in [2.24, 2.45) is 5.92 Å². The van der Waals surface area contributed by atoms with E-state index in [1.54, 1.807) is 0 Å². The fourth-order valence-electron chi connectivity index (χ4n) is 1.89. The summed E-state index contributed by atoms with van der Waals surface area (Å²) in [5, 5.41) is 0. The molecule has 0 aliphatic carbocycles. The average molecular weight is 206 g/mol. The lowest BCUT2D eigenvalue weighted by molar-refractivity contribution is 0.325. The summed E-state index contributed by atoms with van der Waals surface area (Å²) >= 11 is 0. The first kappa shape index (κ1) is 12.2. The summed E-state index contributed by atoms with van der Waals surface area (Å²) in [7, 11) is 4.24. The van der Waals surface area contributed by atoms with Gasteiger partial charge in [0.15, 0.2) is 0 Å². The summed E-state index contributed by atoms with van der Waals surface area (Å²) in [6.07, 6.45) is 1.90. The zero-order valence-electron chi connectivity index (χ0n) is 10.5. The molecule has 0 amide bonds. The van der Waals surface area contributed by atoms with Crippen LogP contribution in [0.25, 0.3) is 0 Å². The van der Waals surface area contributed by atoms with E-state index in [0.29, 0.717) is 11.8 Å².